The van der Waals surface area contributed by atoms with Gasteiger partial charge in [-0.1, -0.05) is 0 Å². The molecule has 0 aromatic carbocycles. The predicted molar refractivity (Wildman–Crippen MR) is 51.3 cm³/mol. The molecule has 1 aliphatic rings. The Labute approximate surface area is 79.4 Å². The van der Waals surface area contributed by atoms with Gasteiger partial charge in [-0.05, 0) is 26.3 Å². The zero-order chi connectivity index (χ0) is 10.1. The Morgan fingerprint density at radius 1 is 1.62 bits per heavy atom. The number of hydrogen-bond acceptors (Lipinski definition) is 4. The smallest absolute Gasteiger partial charge is 0.155 e. The molecule has 0 aromatic rings. The summed E-state index contributed by atoms with van der Waals surface area (Å²) in [6.45, 7) is 2.20. The molecule has 2 atom stereocenters. The maximum Gasteiger partial charge on any atom is 0.155 e. The summed E-state index contributed by atoms with van der Waals surface area (Å²) in [6.07, 6.45) is 1.19. The normalized spacial score (nSPS) is 37.9. The summed E-state index contributed by atoms with van der Waals surface area (Å²) in [5.74, 6) is 0.120. The molecule has 13 heavy (non-hydrogen) atoms. The number of ether oxygens (including phenoxy) is 1. The van der Waals surface area contributed by atoms with Crippen molar-refractivity contribution in [3.63, 3.8) is 0 Å². The van der Waals surface area contributed by atoms with Crippen LogP contribution in [0.2, 0.25) is 0 Å². The number of methoxy groups -OCH3 is 1. The van der Waals surface area contributed by atoms with Gasteiger partial charge in [0.25, 0.3) is 0 Å². The maximum atomic E-state index is 11.5. The highest BCUT2D eigenvalue weighted by Crippen LogP contribution is 2.34. The highest BCUT2D eigenvalue weighted by atomic mass is 32.2. The summed E-state index contributed by atoms with van der Waals surface area (Å²) < 4.78 is 28.3. The van der Waals surface area contributed by atoms with Crippen LogP contribution in [0, 0.1) is 0 Å². The van der Waals surface area contributed by atoms with Crippen molar-refractivity contribution in [3.05, 3.63) is 0 Å². The second-order valence-electron chi connectivity index (χ2n) is 3.75. The lowest BCUT2D eigenvalue weighted by molar-refractivity contribution is 0.00433. The molecule has 1 fully saturated rings. The van der Waals surface area contributed by atoms with Gasteiger partial charge < -0.3 is 10.5 Å². The van der Waals surface area contributed by atoms with Crippen LogP contribution in [0.25, 0.3) is 0 Å². The van der Waals surface area contributed by atoms with E-state index in [4.69, 9.17) is 10.5 Å². The van der Waals surface area contributed by atoms with Gasteiger partial charge in [-0.15, -0.1) is 0 Å². The summed E-state index contributed by atoms with van der Waals surface area (Å²) in [5.41, 5.74) is 4.91. The van der Waals surface area contributed by atoms with E-state index in [9.17, 15) is 8.42 Å². The molecule has 0 radical (unpaired) electrons. The van der Waals surface area contributed by atoms with Gasteiger partial charge in [0.1, 0.15) is 0 Å². The van der Waals surface area contributed by atoms with E-state index in [-0.39, 0.29) is 11.0 Å². The van der Waals surface area contributed by atoms with Crippen molar-refractivity contribution in [2.45, 2.75) is 30.6 Å². The first-order chi connectivity index (χ1) is 5.96. The predicted octanol–water partition coefficient (Wildman–Crippen LogP) is -0.0726. The largest absolute Gasteiger partial charge is 0.377 e. The van der Waals surface area contributed by atoms with Crippen molar-refractivity contribution in [1.82, 2.24) is 0 Å². The van der Waals surface area contributed by atoms with Crippen LogP contribution < -0.4 is 5.73 Å². The minimum Gasteiger partial charge on any atom is -0.377 e. The van der Waals surface area contributed by atoms with Crippen LogP contribution in [0.15, 0.2) is 0 Å². The first-order valence-electron chi connectivity index (χ1n) is 4.42. The Balaban J connectivity index is 2.84. The third kappa shape index (κ3) is 2.03. The highest BCUT2D eigenvalue weighted by molar-refractivity contribution is 7.92. The van der Waals surface area contributed by atoms with Crippen LogP contribution in [0.1, 0.15) is 19.8 Å². The van der Waals surface area contributed by atoms with E-state index in [1.54, 1.807) is 14.0 Å². The van der Waals surface area contributed by atoms with Crippen molar-refractivity contribution in [2.24, 2.45) is 5.73 Å². The Morgan fingerprint density at radius 3 is 2.54 bits per heavy atom. The fourth-order valence-electron chi connectivity index (χ4n) is 1.90. The van der Waals surface area contributed by atoms with Gasteiger partial charge in [0.2, 0.25) is 0 Å². The van der Waals surface area contributed by atoms with Gasteiger partial charge >= 0.3 is 0 Å². The van der Waals surface area contributed by atoms with Crippen molar-refractivity contribution in [2.75, 3.05) is 19.4 Å². The standard InChI is InChI=1S/C8H17NO3S/c1-7-5-8(12-2,3-4-9)6-13(7,10)11/h7H,3-6,9H2,1-2H3. The molecule has 0 bridgehead atoms. The Kier molecular flexibility index (Phi) is 2.99. The molecule has 1 rings (SSSR count). The summed E-state index contributed by atoms with van der Waals surface area (Å²) in [4.78, 5) is 0. The van der Waals surface area contributed by atoms with Crippen LogP contribution in [0.4, 0.5) is 0 Å². The van der Waals surface area contributed by atoms with Crippen LogP contribution in [0.3, 0.4) is 0 Å². The van der Waals surface area contributed by atoms with Gasteiger partial charge in [0.05, 0.1) is 16.6 Å². The molecule has 5 heteroatoms. The number of hydrogen-bond donors (Lipinski definition) is 1. The molecule has 1 heterocycles. The lowest BCUT2D eigenvalue weighted by Crippen LogP contribution is -2.35. The van der Waals surface area contributed by atoms with Gasteiger partial charge in [0.15, 0.2) is 9.84 Å². The van der Waals surface area contributed by atoms with E-state index in [2.05, 4.69) is 0 Å². The average Bonchev–Trinajstić information content (AvgIpc) is 2.24. The summed E-state index contributed by atoms with van der Waals surface area (Å²) >= 11 is 0. The van der Waals surface area contributed by atoms with Crippen LogP contribution in [-0.2, 0) is 14.6 Å². The fraction of sp³-hybridized carbons (Fsp3) is 1.00. The monoisotopic (exact) mass is 207 g/mol. The Hall–Kier alpha value is -0.130. The number of sulfone groups is 1. The average molecular weight is 207 g/mol. The SMILES string of the molecule is COC1(CCN)CC(C)S(=O)(=O)C1. The lowest BCUT2D eigenvalue weighted by atomic mass is 9.96. The minimum absolute atomic E-state index is 0.120. The molecule has 2 unspecified atom stereocenters. The number of nitrogens with two attached hydrogens (primary N) is 1. The quantitative estimate of drug-likeness (QED) is 0.703. The second-order valence-corrected chi connectivity index (χ2v) is 6.17. The lowest BCUT2D eigenvalue weighted by Gasteiger charge is -2.25. The molecule has 1 aliphatic heterocycles. The zero-order valence-corrected chi connectivity index (χ0v) is 8.93. The third-order valence-corrected chi connectivity index (χ3v) is 5.09. The van der Waals surface area contributed by atoms with Crippen molar-refractivity contribution in [1.29, 1.82) is 0 Å². The van der Waals surface area contributed by atoms with E-state index >= 15 is 0 Å². The molecule has 0 aliphatic carbocycles. The van der Waals surface area contributed by atoms with E-state index in [0.29, 0.717) is 19.4 Å². The number of rotatable bonds is 3. The third-order valence-electron chi connectivity index (χ3n) is 2.77. The van der Waals surface area contributed by atoms with Crippen LogP contribution >= 0.6 is 0 Å². The Bertz CT molecular complexity index is 275. The highest BCUT2D eigenvalue weighted by Gasteiger charge is 2.46. The fourth-order valence-corrected chi connectivity index (χ4v) is 3.86. The molecule has 2 N–H and O–H groups in total. The molecule has 1 saturated heterocycles. The molecule has 0 saturated carbocycles. The van der Waals surface area contributed by atoms with Crippen molar-refractivity contribution in [3.8, 4) is 0 Å². The molecule has 0 aromatic heterocycles. The van der Waals surface area contributed by atoms with E-state index in [0.717, 1.165) is 0 Å². The maximum absolute atomic E-state index is 11.5. The molecule has 78 valence electrons. The van der Waals surface area contributed by atoms with E-state index in [1.165, 1.54) is 0 Å². The van der Waals surface area contributed by atoms with Gasteiger partial charge in [-0.2, -0.15) is 0 Å². The zero-order valence-electron chi connectivity index (χ0n) is 8.12. The van der Waals surface area contributed by atoms with Crippen LogP contribution in [-0.4, -0.2) is 38.7 Å². The minimum atomic E-state index is -2.95. The Morgan fingerprint density at radius 2 is 2.23 bits per heavy atom. The summed E-state index contributed by atoms with van der Waals surface area (Å²) in [6, 6.07) is 0. The van der Waals surface area contributed by atoms with Crippen LogP contribution in [0.5, 0.6) is 0 Å². The first-order valence-corrected chi connectivity index (χ1v) is 6.14. The van der Waals surface area contributed by atoms with Crippen molar-refractivity contribution < 1.29 is 13.2 Å². The molecule has 0 amide bonds. The van der Waals surface area contributed by atoms with Crippen molar-refractivity contribution >= 4 is 9.84 Å². The van der Waals surface area contributed by atoms with Gasteiger partial charge in [-0.3, -0.25) is 0 Å². The van der Waals surface area contributed by atoms with Gasteiger partial charge in [0, 0.05) is 7.11 Å². The first kappa shape index (κ1) is 10.9. The molecular formula is C8H17NO3S. The second kappa shape index (κ2) is 3.55. The summed E-state index contributed by atoms with van der Waals surface area (Å²) in [7, 11) is -1.39. The van der Waals surface area contributed by atoms with E-state index < -0.39 is 15.4 Å². The van der Waals surface area contributed by atoms with E-state index in [1.807, 2.05) is 0 Å². The molecule has 0 spiro atoms. The molecule has 4 nitrogen and oxygen atoms in total. The van der Waals surface area contributed by atoms with Gasteiger partial charge in [-0.25, -0.2) is 8.42 Å². The molecular weight excluding hydrogens is 190 g/mol. The summed E-state index contributed by atoms with van der Waals surface area (Å²) in [5, 5.41) is -0.293. The topological polar surface area (TPSA) is 69.4 Å².